The molecule has 4 aromatic rings. The number of ether oxygens (including phenoxy) is 1. The maximum Gasteiger partial charge on any atom is 0.407 e. The van der Waals surface area contributed by atoms with E-state index in [1.165, 1.54) is 12.0 Å². The van der Waals surface area contributed by atoms with Crippen LogP contribution < -0.4 is 15.8 Å². The molecule has 0 saturated carbocycles. The number of carboxylic acid groups (broad SMARTS) is 1. The molecule has 1 aromatic carbocycles. The molecule has 3 aromatic heterocycles. The van der Waals surface area contributed by atoms with Crippen molar-refractivity contribution in [2.24, 2.45) is 0 Å². The van der Waals surface area contributed by atoms with Gasteiger partial charge in [0.15, 0.2) is 0 Å². The van der Waals surface area contributed by atoms with E-state index in [1.807, 2.05) is 10.7 Å². The molecule has 36 heavy (non-hydrogen) atoms. The average molecular weight is 488 g/mol. The number of carbonyl (C=O) groups is 2. The maximum atomic E-state index is 12.8. The van der Waals surface area contributed by atoms with Gasteiger partial charge in [0.05, 0.1) is 24.1 Å². The number of aromatic nitrogens is 4. The second-order valence-electron chi connectivity index (χ2n) is 8.49. The number of anilines is 2. The van der Waals surface area contributed by atoms with Crippen LogP contribution in [0.5, 0.6) is 5.75 Å². The zero-order chi connectivity index (χ0) is 25.2. The molecule has 11 nitrogen and oxygen atoms in total. The van der Waals surface area contributed by atoms with E-state index in [-0.39, 0.29) is 11.9 Å². The Hall–Kier alpha value is -4.67. The quantitative estimate of drug-likeness (QED) is 0.386. The number of likely N-dealkylation sites (tertiary alicyclic amines) is 1. The van der Waals surface area contributed by atoms with Crippen molar-refractivity contribution in [3.05, 3.63) is 60.4 Å². The van der Waals surface area contributed by atoms with Crippen molar-refractivity contribution >= 4 is 34.5 Å². The van der Waals surface area contributed by atoms with Crippen molar-refractivity contribution in [2.45, 2.75) is 18.9 Å². The molecule has 0 radical (unpaired) electrons. The number of methoxy groups -OCH3 is 1. The second kappa shape index (κ2) is 9.53. The van der Waals surface area contributed by atoms with Gasteiger partial charge in [-0.15, -0.1) is 0 Å². The SMILES string of the molecule is COc1cc(C(=O)Nc2ccccn2)ccc1-c1nn(C2CCCN(C(=O)O)C2)c2ccnc(N)c12. The maximum absolute atomic E-state index is 12.8. The lowest BCUT2D eigenvalue weighted by Gasteiger charge is -2.31. The molecule has 184 valence electrons. The predicted molar refractivity (Wildman–Crippen MR) is 134 cm³/mol. The Morgan fingerprint density at radius 1 is 1.17 bits per heavy atom. The van der Waals surface area contributed by atoms with Crippen molar-refractivity contribution in [3.8, 4) is 17.0 Å². The van der Waals surface area contributed by atoms with Gasteiger partial charge in [0, 0.05) is 36.6 Å². The van der Waals surface area contributed by atoms with Crippen LogP contribution in [0.4, 0.5) is 16.4 Å². The molecular weight excluding hydrogens is 462 g/mol. The number of carbonyl (C=O) groups excluding carboxylic acids is 1. The lowest BCUT2D eigenvalue weighted by atomic mass is 10.0. The summed E-state index contributed by atoms with van der Waals surface area (Å²) in [5.41, 5.74) is 8.63. The zero-order valence-electron chi connectivity index (χ0n) is 19.6. The Bertz CT molecular complexity index is 1440. The Morgan fingerprint density at radius 2 is 2.03 bits per heavy atom. The lowest BCUT2D eigenvalue weighted by molar-refractivity contribution is 0.102. The number of nitrogens with one attached hydrogen (secondary N) is 1. The topological polar surface area (TPSA) is 148 Å². The van der Waals surface area contributed by atoms with E-state index < -0.39 is 6.09 Å². The van der Waals surface area contributed by atoms with Crippen LogP contribution in [0.25, 0.3) is 22.2 Å². The van der Waals surface area contributed by atoms with Gasteiger partial charge in [-0.05, 0) is 49.2 Å². The summed E-state index contributed by atoms with van der Waals surface area (Å²) in [6.07, 6.45) is 3.78. The van der Waals surface area contributed by atoms with Gasteiger partial charge < -0.3 is 25.8 Å². The largest absolute Gasteiger partial charge is 0.496 e. The second-order valence-corrected chi connectivity index (χ2v) is 8.49. The summed E-state index contributed by atoms with van der Waals surface area (Å²) in [5.74, 6) is 0.857. The van der Waals surface area contributed by atoms with Crippen molar-refractivity contribution in [1.82, 2.24) is 24.6 Å². The standard InChI is InChI=1S/C25H25N7O4/c1-36-19-13-15(24(33)29-20-6-2-3-10-27-20)7-8-17(19)22-21-18(9-11-28-23(21)26)32(30-22)16-5-4-12-31(14-16)25(34)35/h2-3,6-11,13,16H,4-5,12,14H2,1H3,(H2,26,28)(H,34,35)(H,27,29,33). The van der Waals surface area contributed by atoms with Crippen molar-refractivity contribution in [3.63, 3.8) is 0 Å². The number of benzene rings is 1. The van der Waals surface area contributed by atoms with E-state index in [2.05, 4.69) is 15.3 Å². The minimum absolute atomic E-state index is 0.151. The third-order valence-electron chi connectivity index (χ3n) is 6.29. The van der Waals surface area contributed by atoms with E-state index in [4.69, 9.17) is 15.6 Å². The minimum Gasteiger partial charge on any atom is -0.496 e. The summed E-state index contributed by atoms with van der Waals surface area (Å²) in [5, 5.41) is 17.8. The fourth-order valence-corrected chi connectivity index (χ4v) is 4.56. The molecule has 11 heteroatoms. The Kier molecular flexibility index (Phi) is 6.11. The molecule has 1 saturated heterocycles. The normalized spacial score (nSPS) is 15.6. The first-order chi connectivity index (χ1) is 17.5. The molecule has 4 N–H and O–H groups in total. The molecule has 1 aliphatic rings. The molecule has 0 spiro atoms. The van der Waals surface area contributed by atoms with E-state index >= 15 is 0 Å². The molecule has 0 aliphatic carbocycles. The van der Waals surface area contributed by atoms with Crippen LogP contribution in [0.3, 0.4) is 0 Å². The highest BCUT2D eigenvalue weighted by Crippen LogP contribution is 2.39. The fraction of sp³-hybridized carbons (Fsp3) is 0.240. The fourth-order valence-electron chi connectivity index (χ4n) is 4.56. The third kappa shape index (κ3) is 4.26. The van der Waals surface area contributed by atoms with Crippen LogP contribution in [0.2, 0.25) is 0 Å². The van der Waals surface area contributed by atoms with E-state index in [1.54, 1.807) is 48.8 Å². The van der Waals surface area contributed by atoms with Crippen molar-refractivity contribution in [2.75, 3.05) is 31.2 Å². The number of fused-ring (bicyclic) bond motifs is 1. The van der Waals surface area contributed by atoms with Crippen molar-refractivity contribution < 1.29 is 19.4 Å². The van der Waals surface area contributed by atoms with Gasteiger partial charge in [0.1, 0.15) is 23.1 Å². The average Bonchev–Trinajstić information content (AvgIpc) is 3.29. The highest BCUT2D eigenvalue weighted by atomic mass is 16.5. The molecule has 0 bridgehead atoms. The number of piperidine rings is 1. The summed E-state index contributed by atoms with van der Waals surface area (Å²) in [6, 6.07) is 12.0. The molecule has 5 rings (SSSR count). The first-order valence-corrected chi connectivity index (χ1v) is 11.5. The molecule has 1 atom stereocenters. The van der Waals surface area contributed by atoms with Gasteiger partial charge in [0.2, 0.25) is 0 Å². The summed E-state index contributed by atoms with van der Waals surface area (Å²) < 4.78 is 7.47. The Balaban J connectivity index is 1.55. The zero-order valence-corrected chi connectivity index (χ0v) is 19.6. The minimum atomic E-state index is -0.946. The predicted octanol–water partition coefficient (Wildman–Crippen LogP) is 3.65. The van der Waals surface area contributed by atoms with Gasteiger partial charge in [0.25, 0.3) is 5.91 Å². The highest BCUT2D eigenvalue weighted by Gasteiger charge is 2.28. The molecule has 4 heterocycles. The number of nitrogens with two attached hydrogens (primary N) is 1. The monoisotopic (exact) mass is 487 g/mol. The summed E-state index contributed by atoms with van der Waals surface area (Å²) in [4.78, 5) is 34.1. The van der Waals surface area contributed by atoms with Crippen LogP contribution in [0.1, 0.15) is 29.2 Å². The number of rotatable bonds is 5. The van der Waals surface area contributed by atoms with Gasteiger partial charge in [-0.2, -0.15) is 5.10 Å². The number of nitrogen functional groups attached to an aromatic ring is 1. The van der Waals surface area contributed by atoms with Crippen LogP contribution in [-0.4, -0.2) is 62.0 Å². The molecular formula is C25H25N7O4. The van der Waals surface area contributed by atoms with Gasteiger partial charge >= 0.3 is 6.09 Å². The van der Waals surface area contributed by atoms with Crippen LogP contribution in [0.15, 0.2) is 54.9 Å². The van der Waals surface area contributed by atoms with E-state index in [0.29, 0.717) is 52.7 Å². The van der Waals surface area contributed by atoms with Crippen LogP contribution in [0, 0.1) is 0 Å². The molecule has 1 unspecified atom stereocenters. The number of hydrogen-bond donors (Lipinski definition) is 3. The molecule has 1 aliphatic heterocycles. The summed E-state index contributed by atoms with van der Waals surface area (Å²) in [7, 11) is 1.52. The van der Waals surface area contributed by atoms with Crippen molar-refractivity contribution in [1.29, 1.82) is 0 Å². The van der Waals surface area contributed by atoms with E-state index in [0.717, 1.165) is 18.4 Å². The Morgan fingerprint density at radius 3 is 2.78 bits per heavy atom. The Labute approximate surface area is 206 Å². The molecule has 2 amide bonds. The van der Waals surface area contributed by atoms with Crippen LogP contribution >= 0.6 is 0 Å². The number of hydrogen-bond acceptors (Lipinski definition) is 7. The third-order valence-corrected chi connectivity index (χ3v) is 6.29. The smallest absolute Gasteiger partial charge is 0.407 e. The first-order valence-electron chi connectivity index (χ1n) is 11.5. The van der Waals surface area contributed by atoms with Gasteiger partial charge in [-0.3, -0.25) is 9.48 Å². The molecule has 1 fully saturated rings. The van der Waals surface area contributed by atoms with Gasteiger partial charge in [-0.1, -0.05) is 6.07 Å². The number of pyridine rings is 2. The highest BCUT2D eigenvalue weighted by molar-refractivity contribution is 6.06. The summed E-state index contributed by atoms with van der Waals surface area (Å²) in [6.45, 7) is 0.828. The number of amides is 2. The summed E-state index contributed by atoms with van der Waals surface area (Å²) >= 11 is 0. The first kappa shape index (κ1) is 23.1. The van der Waals surface area contributed by atoms with E-state index in [9.17, 15) is 14.7 Å². The van der Waals surface area contributed by atoms with Crippen LogP contribution in [-0.2, 0) is 0 Å². The lowest BCUT2D eigenvalue weighted by Crippen LogP contribution is -2.40. The van der Waals surface area contributed by atoms with Gasteiger partial charge in [-0.25, -0.2) is 14.8 Å². The number of nitrogens with zero attached hydrogens (tertiary/aromatic N) is 5.